The summed E-state index contributed by atoms with van der Waals surface area (Å²) >= 11 is 0. The topological polar surface area (TPSA) is 151 Å². The first-order valence-electron chi connectivity index (χ1n) is 12.8. The summed E-state index contributed by atoms with van der Waals surface area (Å²) in [4.78, 5) is 34.8. The van der Waals surface area contributed by atoms with Gasteiger partial charge in [0.15, 0.2) is 11.5 Å². The van der Waals surface area contributed by atoms with Gasteiger partial charge in [0.2, 0.25) is 17.5 Å². The number of aromatic nitrogens is 1. The Kier molecular flexibility index (Phi) is 7.60. The molecule has 3 aromatic rings. The van der Waals surface area contributed by atoms with Crippen molar-refractivity contribution in [2.24, 2.45) is 16.6 Å². The third-order valence-corrected chi connectivity index (χ3v) is 6.97. The maximum Gasteiger partial charge on any atom is 0.306 e. The number of phenolic OH excluding ortho intramolecular Hbond substituents is 1. The quantitative estimate of drug-likeness (QED) is 0.370. The number of primary amides is 1. The van der Waals surface area contributed by atoms with Gasteiger partial charge in [0.1, 0.15) is 17.3 Å². The highest BCUT2D eigenvalue weighted by atomic mass is 19.1. The van der Waals surface area contributed by atoms with Crippen LogP contribution in [-0.2, 0) is 4.79 Å². The second kappa shape index (κ2) is 11.3. The zero-order valence-electron chi connectivity index (χ0n) is 22.0. The minimum atomic E-state index is -1.19. The fraction of sp³-hybridized carbons (Fsp3) is 0.286. The number of hydrogen-bond donors (Lipinski definition) is 3. The monoisotopic (exact) mass is 567 g/mol. The van der Waals surface area contributed by atoms with Gasteiger partial charge in [-0.1, -0.05) is 12.1 Å². The van der Waals surface area contributed by atoms with Gasteiger partial charge in [-0.3, -0.25) is 14.6 Å². The lowest BCUT2D eigenvalue weighted by Crippen LogP contribution is -2.37. The van der Waals surface area contributed by atoms with Crippen LogP contribution in [0.25, 0.3) is 0 Å². The van der Waals surface area contributed by atoms with Gasteiger partial charge in [0.25, 0.3) is 11.8 Å². The van der Waals surface area contributed by atoms with Crippen molar-refractivity contribution in [1.82, 2.24) is 9.88 Å². The summed E-state index contributed by atoms with van der Waals surface area (Å²) in [5.74, 6) is -5.93. The fourth-order valence-electron chi connectivity index (χ4n) is 4.76. The molecule has 2 aliphatic rings. The number of benzene rings is 2. The number of carbonyl (C=O) groups excluding carboxylic acids is 1. The molecule has 0 saturated carbocycles. The first-order valence-corrected chi connectivity index (χ1v) is 12.8. The summed E-state index contributed by atoms with van der Waals surface area (Å²) in [6.07, 6.45) is 0.337. The van der Waals surface area contributed by atoms with Crippen LogP contribution in [0.1, 0.15) is 28.8 Å². The third-order valence-electron chi connectivity index (χ3n) is 6.97. The van der Waals surface area contributed by atoms with E-state index in [9.17, 15) is 19.8 Å². The molecule has 0 radical (unpaired) electrons. The van der Waals surface area contributed by atoms with E-state index in [0.29, 0.717) is 6.54 Å². The molecule has 11 nitrogen and oxygen atoms in total. The van der Waals surface area contributed by atoms with Gasteiger partial charge in [-0.15, -0.1) is 0 Å². The lowest BCUT2D eigenvalue weighted by molar-refractivity contribution is -0.142. The largest absolute Gasteiger partial charge is 0.504 e. The van der Waals surface area contributed by atoms with Crippen molar-refractivity contribution in [1.29, 1.82) is 0 Å². The molecular weight excluding hydrogens is 540 g/mol. The van der Waals surface area contributed by atoms with E-state index in [1.54, 1.807) is 18.2 Å². The number of halogens is 2. The predicted octanol–water partition coefficient (Wildman–Crippen LogP) is 3.74. The number of carboxylic acids is 1. The van der Waals surface area contributed by atoms with Crippen LogP contribution in [0.2, 0.25) is 0 Å². The lowest BCUT2D eigenvalue weighted by atomic mass is 9.97. The number of aliphatic carboxylic acids is 1. The minimum absolute atomic E-state index is 0.0237. The van der Waals surface area contributed by atoms with Crippen LogP contribution in [0.15, 0.2) is 47.5 Å². The molecule has 214 valence electrons. The Hall–Kier alpha value is -4.94. The smallest absolute Gasteiger partial charge is 0.306 e. The molecule has 0 unspecified atom stereocenters. The number of hydrogen-bond acceptors (Lipinski definition) is 9. The Balaban J connectivity index is 1.55. The highest BCUT2D eigenvalue weighted by Gasteiger charge is 2.32. The number of aromatic hydroxyl groups is 1. The molecule has 0 aliphatic carbocycles. The summed E-state index contributed by atoms with van der Waals surface area (Å²) in [6.45, 7) is 1.49. The van der Waals surface area contributed by atoms with Gasteiger partial charge >= 0.3 is 5.97 Å². The van der Waals surface area contributed by atoms with E-state index in [1.807, 2.05) is 18.0 Å². The van der Waals surface area contributed by atoms with Gasteiger partial charge < -0.3 is 35.2 Å². The Morgan fingerprint density at radius 3 is 2.37 bits per heavy atom. The zero-order valence-corrected chi connectivity index (χ0v) is 22.0. The summed E-state index contributed by atoms with van der Waals surface area (Å²) in [5.41, 5.74) is 5.50. The number of amidine groups is 1. The molecule has 13 heteroatoms. The summed E-state index contributed by atoms with van der Waals surface area (Å²) in [6, 6.07) is 10.2. The minimum Gasteiger partial charge on any atom is -0.504 e. The van der Waals surface area contributed by atoms with Crippen LogP contribution < -0.4 is 20.1 Å². The SMILES string of the molecule is CN1CCN=C1c1cccc(Oc2nc(Oc3cc(C(N)=O)ccc3O)c(F)c(N3CCC(C(=O)O)CC3)c2F)c1. The molecule has 0 spiro atoms. The molecular formula is C28H27F2N5O6. The third kappa shape index (κ3) is 5.69. The molecule has 2 aromatic carbocycles. The highest BCUT2D eigenvalue weighted by Crippen LogP contribution is 2.41. The van der Waals surface area contributed by atoms with Crippen molar-refractivity contribution in [3.63, 3.8) is 0 Å². The number of phenols is 1. The molecule has 2 aliphatic heterocycles. The number of pyridine rings is 1. The van der Waals surface area contributed by atoms with Crippen LogP contribution >= 0.6 is 0 Å². The number of rotatable bonds is 8. The van der Waals surface area contributed by atoms with E-state index in [2.05, 4.69) is 9.98 Å². The number of nitrogens with zero attached hydrogens (tertiary/aromatic N) is 4. The zero-order chi connectivity index (χ0) is 29.3. The van der Waals surface area contributed by atoms with E-state index in [-0.39, 0.29) is 43.0 Å². The molecule has 4 N–H and O–H groups in total. The lowest BCUT2D eigenvalue weighted by Gasteiger charge is -2.32. The van der Waals surface area contributed by atoms with E-state index in [4.69, 9.17) is 15.2 Å². The number of anilines is 1. The van der Waals surface area contributed by atoms with E-state index < -0.39 is 52.6 Å². The molecule has 41 heavy (non-hydrogen) atoms. The van der Waals surface area contributed by atoms with Crippen LogP contribution in [0.5, 0.6) is 29.0 Å². The van der Waals surface area contributed by atoms with Gasteiger partial charge in [-0.25, -0.2) is 0 Å². The van der Waals surface area contributed by atoms with Crippen LogP contribution in [-0.4, -0.2) is 71.0 Å². The van der Waals surface area contributed by atoms with Gasteiger partial charge in [-0.05, 0) is 43.2 Å². The number of nitrogens with two attached hydrogens (primary N) is 1. The molecule has 0 atom stereocenters. The first-order chi connectivity index (χ1) is 19.6. The number of aliphatic imine (C=N–C) groups is 1. The van der Waals surface area contributed by atoms with E-state index >= 15 is 8.78 Å². The highest BCUT2D eigenvalue weighted by molar-refractivity contribution is 6.00. The Labute approximate surface area is 233 Å². The number of carboxylic acid groups (broad SMARTS) is 1. The van der Waals surface area contributed by atoms with Crippen LogP contribution in [0.4, 0.5) is 14.5 Å². The van der Waals surface area contributed by atoms with Crippen molar-refractivity contribution >= 4 is 23.4 Å². The fourth-order valence-corrected chi connectivity index (χ4v) is 4.76. The van der Waals surface area contributed by atoms with Crippen molar-refractivity contribution in [3.05, 3.63) is 65.2 Å². The Bertz CT molecular complexity index is 1540. The standard InChI is InChI=1S/C28H27F2N5O6/c1-34-12-9-32-25(34)17-3-2-4-18(13-17)40-26-21(29)23(35-10-7-15(8-11-35)28(38)39)22(30)27(33-26)41-20-14-16(24(31)37)5-6-19(20)36/h2-6,13-15,36H,7-12H2,1H3,(H2,31,37)(H,38,39). The number of carbonyl (C=O) groups is 2. The molecule has 0 bridgehead atoms. The second-order valence-corrected chi connectivity index (χ2v) is 9.70. The van der Waals surface area contributed by atoms with Gasteiger partial charge in [0.05, 0.1) is 12.5 Å². The molecule has 1 amide bonds. The maximum atomic E-state index is 15.9. The molecule has 3 heterocycles. The molecule has 5 rings (SSSR count). The van der Waals surface area contributed by atoms with Gasteiger partial charge in [-0.2, -0.15) is 13.8 Å². The molecule has 1 aromatic heterocycles. The summed E-state index contributed by atoms with van der Waals surface area (Å²) < 4.78 is 43.1. The van der Waals surface area contributed by atoms with Crippen molar-refractivity contribution in [2.45, 2.75) is 12.8 Å². The number of amides is 1. The van der Waals surface area contributed by atoms with Crippen molar-refractivity contribution < 1.29 is 38.1 Å². The van der Waals surface area contributed by atoms with Crippen molar-refractivity contribution in [3.8, 4) is 29.0 Å². The second-order valence-electron chi connectivity index (χ2n) is 9.70. The van der Waals surface area contributed by atoms with E-state index in [1.165, 1.54) is 11.0 Å². The van der Waals surface area contributed by atoms with Crippen molar-refractivity contribution in [2.75, 3.05) is 38.1 Å². The number of ether oxygens (including phenoxy) is 2. The predicted molar refractivity (Wildman–Crippen MR) is 144 cm³/mol. The maximum absolute atomic E-state index is 15.9. The molecule has 1 saturated heterocycles. The molecule has 1 fully saturated rings. The normalized spacial score (nSPS) is 15.5. The average Bonchev–Trinajstić information content (AvgIpc) is 3.38. The number of piperidine rings is 1. The van der Waals surface area contributed by atoms with Crippen LogP contribution in [0, 0.1) is 17.6 Å². The summed E-state index contributed by atoms with van der Waals surface area (Å²) in [5, 5.41) is 19.6. The number of likely N-dealkylation sites (N-methyl/N-ethyl adjacent to an activating group) is 1. The first kappa shape index (κ1) is 27.6. The van der Waals surface area contributed by atoms with Crippen LogP contribution in [0.3, 0.4) is 0 Å². The Morgan fingerprint density at radius 2 is 1.73 bits per heavy atom. The van der Waals surface area contributed by atoms with E-state index in [0.717, 1.165) is 30.1 Å². The summed E-state index contributed by atoms with van der Waals surface area (Å²) in [7, 11) is 1.90. The average molecular weight is 568 g/mol. The van der Waals surface area contributed by atoms with Gasteiger partial charge in [0, 0.05) is 37.8 Å². The Morgan fingerprint density at radius 1 is 1.02 bits per heavy atom.